The van der Waals surface area contributed by atoms with E-state index in [4.69, 9.17) is 14.6 Å². The number of pyridine rings is 1. The van der Waals surface area contributed by atoms with Gasteiger partial charge in [0.15, 0.2) is 11.4 Å². The van der Waals surface area contributed by atoms with Gasteiger partial charge in [0.05, 0.1) is 11.3 Å². The molecule has 2 aliphatic heterocycles. The van der Waals surface area contributed by atoms with Crippen molar-refractivity contribution in [1.29, 1.82) is 0 Å². The predicted octanol–water partition coefficient (Wildman–Crippen LogP) is 4.93. The van der Waals surface area contributed by atoms with Gasteiger partial charge in [-0.15, -0.1) is 0 Å². The smallest absolute Gasteiger partial charge is 0.485 e. The number of nitrogens with one attached hydrogen (secondary N) is 1. The van der Waals surface area contributed by atoms with E-state index in [0.717, 1.165) is 19.3 Å². The highest BCUT2D eigenvalue weighted by Gasteiger charge is 2.41. The summed E-state index contributed by atoms with van der Waals surface area (Å²) in [6, 6.07) is 6.61. The summed E-state index contributed by atoms with van der Waals surface area (Å²) in [6.07, 6.45) is -0.557. The van der Waals surface area contributed by atoms with E-state index in [0.29, 0.717) is 35.6 Å². The fraction of sp³-hybridized carbons (Fsp3) is 0.407. The van der Waals surface area contributed by atoms with Gasteiger partial charge in [-0.1, -0.05) is 6.07 Å². The molecule has 2 fully saturated rings. The number of carbonyl (C=O) groups is 3. The molecule has 0 saturated carbocycles. The Kier molecular flexibility index (Phi) is 8.87. The number of ether oxygens (including phenoxy) is 1. The van der Waals surface area contributed by atoms with Gasteiger partial charge in [-0.25, -0.2) is 23.4 Å². The van der Waals surface area contributed by atoms with Crippen LogP contribution < -0.4 is 10.1 Å². The highest BCUT2D eigenvalue weighted by atomic mass is 19.4. The van der Waals surface area contributed by atoms with Gasteiger partial charge in [-0.05, 0) is 63.3 Å². The lowest BCUT2D eigenvalue weighted by molar-refractivity contribution is -0.192. The molecule has 3 aromatic rings. The second kappa shape index (κ2) is 12.2. The third-order valence-electron chi connectivity index (χ3n) is 7.21. The van der Waals surface area contributed by atoms with Crippen molar-refractivity contribution in [2.75, 3.05) is 0 Å². The maximum absolute atomic E-state index is 14.0. The van der Waals surface area contributed by atoms with Crippen LogP contribution in [0.2, 0.25) is 0 Å². The number of nitrogens with zero attached hydrogens (tertiary/aromatic N) is 3. The molecule has 0 spiro atoms. The normalized spacial score (nSPS) is 20.0. The number of piperidine rings is 2. The molecule has 0 aliphatic carbocycles. The number of imidazole rings is 1. The third kappa shape index (κ3) is 6.55. The molecular weight excluding hydrogens is 571 g/mol. The molecular formula is C27H27F5N4O6. The number of carboxylic acid groups (broad SMARTS) is 2. The monoisotopic (exact) mass is 598 g/mol. The van der Waals surface area contributed by atoms with Crippen LogP contribution in [0.25, 0.3) is 5.65 Å². The van der Waals surface area contributed by atoms with E-state index < -0.39 is 29.9 Å². The first kappa shape index (κ1) is 30.5. The number of amides is 2. The Morgan fingerprint density at radius 3 is 2.19 bits per heavy atom. The molecule has 2 unspecified atom stereocenters. The van der Waals surface area contributed by atoms with E-state index >= 15 is 0 Å². The van der Waals surface area contributed by atoms with Crippen LogP contribution in [-0.2, 0) is 11.4 Å². The topological polar surface area (TPSA) is 133 Å². The maximum Gasteiger partial charge on any atom is 0.490 e. The van der Waals surface area contributed by atoms with E-state index in [-0.39, 0.29) is 36.2 Å². The molecule has 3 N–H and O–H groups in total. The molecule has 226 valence electrons. The first-order chi connectivity index (χ1) is 19.8. The number of aromatic nitrogens is 2. The van der Waals surface area contributed by atoms with Crippen LogP contribution in [0, 0.1) is 18.6 Å². The lowest BCUT2D eigenvalue weighted by atomic mass is 9.82. The minimum absolute atomic E-state index is 0.0904. The van der Waals surface area contributed by atoms with Gasteiger partial charge >= 0.3 is 18.2 Å². The van der Waals surface area contributed by atoms with Crippen molar-refractivity contribution in [3.63, 3.8) is 0 Å². The van der Waals surface area contributed by atoms with Gasteiger partial charge in [0.1, 0.15) is 23.9 Å². The number of carbonyl (C=O) groups excluding carboxylic acids is 1. The first-order valence-electron chi connectivity index (χ1n) is 12.9. The number of hydrogen-bond acceptors (Lipinski definition) is 5. The zero-order chi connectivity index (χ0) is 30.8. The lowest BCUT2D eigenvalue weighted by Crippen LogP contribution is -2.58. The van der Waals surface area contributed by atoms with Crippen molar-refractivity contribution in [2.45, 2.75) is 69.9 Å². The molecule has 42 heavy (non-hydrogen) atoms. The highest BCUT2D eigenvalue weighted by Crippen LogP contribution is 2.34. The van der Waals surface area contributed by atoms with Gasteiger partial charge in [0, 0.05) is 24.3 Å². The van der Waals surface area contributed by atoms with Crippen molar-refractivity contribution in [1.82, 2.24) is 19.6 Å². The Morgan fingerprint density at radius 2 is 1.64 bits per heavy atom. The predicted molar refractivity (Wildman–Crippen MR) is 136 cm³/mol. The minimum atomic E-state index is -5.08. The summed E-state index contributed by atoms with van der Waals surface area (Å²) < 4.78 is 67.0. The molecule has 2 aromatic heterocycles. The molecule has 2 bridgehead atoms. The third-order valence-corrected chi connectivity index (χ3v) is 7.21. The zero-order valence-electron chi connectivity index (χ0n) is 22.2. The largest absolute Gasteiger partial charge is 0.490 e. The summed E-state index contributed by atoms with van der Waals surface area (Å²) in [7, 11) is 0. The molecule has 10 nitrogen and oxygen atoms in total. The Morgan fingerprint density at radius 1 is 1.05 bits per heavy atom. The first-order valence-corrected chi connectivity index (χ1v) is 12.9. The molecule has 2 aliphatic rings. The quantitative estimate of drug-likeness (QED) is 0.355. The summed E-state index contributed by atoms with van der Waals surface area (Å²) >= 11 is 0. The van der Waals surface area contributed by atoms with E-state index in [1.807, 2.05) is 0 Å². The Balaban J connectivity index is 0.000000517. The number of alkyl halides is 3. The number of rotatable bonds is 5. The van der Waals surface area contributed by atoms with E-state index in [1.165, 1.54) is 18.2 Å². The van der Waals surface area contributed by atoms with Crippen molar-refractivity contribution < 1.29 is 51.3 Å². The Labute approximate surface area is 235 Å². The SMILES string of the molecule is Cc1nc2c(OCc3c(F)cccc3F)cccn2c1C(=O)NC1CC2CCCC(C1)N2C(=O)O.O=C(O)C(F)(F)F. The number of fused-ring (bicyclic) bond motifs is 3. The van der Waals surface area contributed by atoms with Crippen LogP contribution in [0.15, 0.2) is 36.5 Å². The van der Waals surface area contributed by atoms with Gasteiger partial charge in [-0.2, -0.15) is 13.2 Å². The fourth-order valence-corrected chi connectivity index (χ4v) is 5.43. The second-order valence-electron chi connectivity index (χ2n) is 9.97. The molecule has 4 heterocycles. The minimum Gasteiger partial charge on any atom is -0.485 e. The molecule has 2 amide bonds. The van der Waals surface area contributed by atoms with E-state index in [9.17, 15) is 36.6 Å². The number of aryl methyl sites for hydroxylation is 1. The average molecular weight is 599 g/mol. The Hall–Kier alpha value is -4.43. The van der Waals surface area contributed by atoms with Crippen molar-refractivity contribution in [2.24, 2.45) is 0 Å². The number of halogens is 5. The van der Waals surface area contributed by atoms with Crippen LogP contribution in [0.1, 0.15) is 53.8 Å². The molecule has 15 heteroatoms. The van der Waals surface area contributed by atoms with Crippen molar-refractivity contribution in [3.05, 3.63) is 65.1 Å². The zero-order valence-corrected chi connectivity index (χ0v) is 22.2. The van der Waals surface area contributed by atoms with Gasteiger partial charge in [-0.3, -0.25) is 9.20 Å². The van der Waals surface area contributed by atoms with Crippen LogP contribution >= 0.6 is 0 Å². The molecule has 0 radical (unpaired) electrons. The van der Waals surface area contributed by atoms with Gasteiger partial charge in [0.2, 0.25) is 0 Å². The average Bonchev–Trinajstić information content (AvgIpc) is 3.24. The van der Waals surface area contributed by atoms with Crippen LogP contribution in [0.5, 0.6) is 5.75 Å². The molecule has 1 aromatic carbocycles. The van der Waals surface area contributed by atoms with Crippen molar-refractivity contribution in [3.8, 4) is 5.75 Å². The van der Waals surface area contributed by atoms with E-state index in [2.05, 4.69) is 10.3 Å². The number of hydrogen-bond donors (Lipinski definition) is 3. The molecule has 5 rings (SSSR count). The summed E-state index contributed by atoms with van der Waals surface area (Å²) in [5.74, 6) is -4.17. The summed E-state index contributed by atoms with van der Waals surface area (Å²) in [6.45, 7) is 1.39. The second-order valence-corrected chi connectivity index (χ2v) is 9.97. The van der Waals surface area contributed by atoms with Crippen molar-refractivity contribution >= 4 is 23.6 Å². The summed E-state index contributed by atoms with van der Waals surface area (Å²) in [4.78, 5) is 39.9. The number of benzene rings is 1. The van der Waals surface area contributed by atoms with Gasteiger partial charge < -0.3 is 25.2 Å². The lowest BCUT2D eigenvalue weighted by Gasteiger charge is -2.47. The van der Waals surface area contributed by atoms with E-state index in [1.54, 1.807) is 34.6 Å². The summed E-state index contributed by atoms with van der Waals surface area (Å²) in [5.41, 5.74) is 1.01. The maximum atomic E-state index is 14.0. The van der Waals surface area contributed by atoms with Crippen LogP contribution in [-0.4, -0.2) is 66.8 Å². The Bertz CT molecular complexity index is 1460. The van der Waals surface area contributed by atoms with Crippen LogP contribution in [0.4, 0.5) is 26.7 Å². The number of carboxylic acids is 1. The standard InChI is InChI=1S/C25H26F2N4O4.C2HF3O2/c1-14-22(24(32)29-15-11-16-5-2-6-17(12-15)31(16)25(33)34)30-10-4-9-21(23(30)28-14)35-13-18-19(26)7-3-8-20(18)27;3-2(4,5)1(6)7/h3-4,7-10,15-17H,2,5-6,11-13H2,1H3,(H,29,32)(H,33,34);(H,6,7). The highest BCUT2D eigenvalue weighted by molar-refractivity contribution is 5.95. The molecule has 2 saturated heterocycles. The molecule has 2 atom stereocenters. The fourth-order valence-electron chi connectivity index (χ4n) is 5.43. The van der Waals surface area contributed by atoms with Crippen LogP contribution in [0.3, 0.4) is 0 Å². The summed E-state index contributed by atoms with van der Waals surface area (Å²) in [5, 5.41) is 19.8. The number of aliphatic carboxylic acids is 1. The van der Waals surface area contributed by atoms with Gasteiger partial charge in [0.25, 0.3) is 5.91 Å².